The molecular weight excluding hydrogens is 337 g/mol. The van der Waals surface area contributed by atoms with E-state index in [-0.39, 0.29) is 17.5 Å². The summed E-state index contributed by atoms with van der Waals surface area (Å²) in [5.41, 5.74) is 5.57. The average molecular weight is 353 g/mol. The molecular formula is C15H16FN3O2S2. The summed E-state index contributed by atoms with van der Waals surface area (Å²) in [5, 5.41) is 0. The molecule has 2 aromatic rings. The molecule has 3 rings (SSSR count). The van der Waals surface area contributed by atoms with Crippen LogP contribution in [0.1, 0.15) is 11.8 Å². The first-order valence-electron chi connectivity index (χ1n) is 6.89. The number of nitrogens with zero attached hydrogens (tertiary/aromatic N) is 2. The molecule has 1 atom stereocenters. The molecule has 8 heteroatoms. The molecule has 1 aromatic carbocycles. The maximum Gasteiger partial charge on any atom is 0.239 e. The Bertz CT molecular complexity index is 892. The quantitative estimate of drug-likeness (QED) is 0.900. The van der Waals surface area contributed by atoms with Gasteiger partial charge < -0.3 is 5.73 Å². The van der Waals surface area contributed by atoms with Crippen molar-refractivity contribution in [3.05, 3.63) is 47.1 Å². The van der Waals surface area contributed by atoms with Gasteiger partial charge in [0, 0.05) is 16.8 Å². The summed E-state index contributed by atoms with van der Waals surface area (Å²) >= 11 is 1.39. The van der Waals surface area contributed by atoms with Crippen LogP contribution in [0.3, 0.4) is 0 Å². The highest BCUT2D eigenvalue weighted by molar-refractivity contribution is 7.89. The predicted molar refractivity (Wildman–Crippen MR) is 90.2 cm³/mol. The maximum atomic E-state index is 13.4. The molecule has 1 aromatic heterocycles. The van der Waals surface area contributed by atoms with Gasteiger partial charge in [-0.2, -0.15) is 0 Å². The van der Waals surface area contributed by atoms with E-state index in [2.05, 4.69) is 4.99 Å². The molecule has 0 bridgehead atoms. The van der Waals surface area contributed by atoms with Gasteiger partial charge in [0.15, 0.2) is 0 Å². The Morgan fingerprint density at radius 3 is 2.74 bits per heavy atom. The molecule has 2 heterocycles. The number of halogens is 1. The van der Waals surface area contributed by atoms with Crippen LogP contribution in [0.5, 0.6) is 0 Å². The Labute approximate surface area is 138 Å². The van der Waals surface area contributed by atoms with Crippen LogP contribution in [-0.2, 0) is 15.6 Å². The third-order valence-corrected chi connectivity index (χ3v) is 7.15. The van der Waals surface area contributed by atoms with E-state index in [4.69, 9.17) is 5.73 Å². The summed E-state index contributed by atoms with van der Waals surface area (Å²) in [5.74, 6) is -0.493. The van der Waals surface area contributed by atoms with Crippen LogP contribution >= 0.6 is 11.3 Å². The van der Waals surface area contributed by atoms with Crippen molar-refractivity contribution < 1.29 is 12.8 Å². The highest BCUT2D eigenvalue weighted by atomic mass is 32.2. The van der Waals surface area contributed by atoms with E-state index in [1.165, 1.54) is 30.5 Å². The average Bonchev–Trinajstić information content (AvgIpc) is 2.95. The molecule has 0 amide bonds. The lowest BCUT2D eigenvalue weighted by Crippen LogP contribution is -2.50. The monoisotopic (exact) mass is 353 g/mol. The Kier molecular flexibility index (Phi) is 3.68. The minimum Gasteiger partial charge on any atom is -0.369 e. The van der Waals surface area contributed by atoms with E-state index in [0.29, 0.717) is 0 Å². The number of hydrogen-bond acceptors (Lipinski definition) is 5. The van der Waals surface area contributed by atoms with Crippen molar-refractivity contribution >= 4 is 27.3 Å². The van der Waals surface area contributed by atoms with Gasteiger partial charge >= 0.3 is 0 Å². The predicted octanol–water partition coefficient (Wildman–Crippen LogP) is 2.36. The minimum atomic E-state index is -3.50. The van der Waals surface area contributed by atoms with Gasteiger partial charge in [0.2, 0.25) is 16.0 Å². The molecule has 5 nitrogen and oxygen atoms in total. The van der Waals surface area contributed by atoms with E-state index in [0.717, 1.165) is 19.6 Å². The van der Waals surface area contributed by atoms with Crippen molar-refractivity contribution in [1.29, 1.82) is 0 Å². The van der Waals surface area contributed by atoms with Gasteiger partial charge in [-0.05, 0) is 36.8 Å². The third-order valence-electron chi connectivity index (χ3n) is 3.81. The summed E-state index contributed by atoms with van der Waals surface area (Å²) in [6.07, 6.45) is 0. The fraction of sp³-hybridized carbons (Fsp3) is 0.267. The van der Waals surface area contributed by atoms with Crippen LogP contribution in [0.2, 0.25) is 0 Å². The van der Waals surface area contributed by atoms with Crippen LogP contribution in [0.25, 0.3) is 10.4 Å². The Hall–Kier alpha value is -1.93. The van der Waals surface area contributed by atoms with Gasteiger partial charge in [-0.3, -0.25) is 0 Å². The normalized spacial score (nSPS) is 23.6. The lowest BCUT2D eigenvalue weighted by molar-refractivity contribution is 0.482. The Morgan fingerprint density at radius 1 is 1.35 bits per heavy atom. The van der Waals surface area contributed by atoms with Crippen molar-refractivity contribution in [3.8, 4) is 10.4 Å². The number of hydrogen-bond donors (Lipinski definition) is 1. The molecule has 0 saturated heterocycles. The zero-order valence-electron chi connectivity index (χ0n) is 12.7. The van der Waals surface area contributed by atoms with Crippen LogP contribution in [0, 0.1) is 5.82 Å². The number of nitrogens with two attached hydrogens (primary N) is 1. The van der Waals surface area contributed by atoms with Gasteiger partial charge in [0.1, 0.15) is 11.4 Å². The second kappa shape index (κ2) is 5.31. The first kappa shape index (κ1) is 15.9. The van der Waals surface area contributed by atoms with Crippen LogP contribution in [0.4, 0.5) is 4.39 Å². The molecule has 1 aliphatic heterocycles. The summed E-state index contributed by atoms with van der Waals surface area (Å²) < 4.78 is 38.8. The minimum absolute atomic E-state index is 0.0283. The number of aliphatic imine (C=N–C) groups is 1. The van der Waals surface area contributed by atoms with Gasteiger partial charge in [-0.1, -0.05) is 12.1 Å². The van der Waals surface area contributed by atoms with E-state index in [1.54, 1.807) is 13.0 Å². The van der Waals surface area contributed by atoms with Crippen molar-refractivity contribution in [2.45, 2.75) is 12.5 Å². The summed E-state index contributed by atoms with van der Waals surface area (Å²) in [7, 11) is -2.12. The lowest BCUT2D eigenvalue weighted by atomic mass is 10.0. The topological polar surface area (TPSA) is 75.8 Å². The smallest absolute Gasteiger partial charge is 0.239 e. The van der Waals surface area contributed by atoms with Crippen molar-refractivity contribution in [2.24, 2.45) is 10.7 Å². The zero-order chi connectivity index (χ0) is 16.8. The van der Waals surface area contributed by atoms with Gasteiger partial charge in [-0.15, -0.1) is 11.3 Å². The standard InChI is InChI=1S/C15H16FN3O2S2/c1-15(9-23(20,21)19(2)14(17)18-15)13-7-6-12(22-13)10-4-3-5-11(16)8-10/h3-8H,9H2,1-2H3,(H2,17,18)/t15-/m0/s1. The van der Waals surface area contributed by atoms with Gasteiger partial charge in [-0.25, -0.2) is 22.1 Å². The summed E-state index contributed by atoms with van der Waals surface area (Å²) in [4.78, 5) is 5.99. The molecule has 0 spiro atoms. The van der Waals surface area contributed by atoms with Gasteiger partial charge in [0.05, 0.1) is 5.75 Å². The molecule has 2 N–H and O–H groups in total. The second-order valence-corrected chi connectivity index (χ2v) is 8.73. The number of sulfonamides is 1. The van der Waals surface area contributed by atoms with E-state index in [1.807, 2.05) is 18.2 Å². The lowest BCUT2D eigenvalue weighted by Gasteiger charge is -2.33. The van der Waals surface area contributed by atoms with Crippen LogP contribution < -0.4 is 5.73 Å². The molecule has 0 unspecified atom stereocenters. The maximum absolute atomic E-state index is 13.4. The van der Waals surface area contributed by atoms with E-state index in [9.17, 15) is 12.8 Å². The highest BCUT2D eigenvalue weighted by Crippen LogP contribution is 2.39. The molecule has 0 aliphatic carbocycles. The first-order chi connectivity index (χ1) is 10.7. The Morgan fingerprint density at radius 2 is 2.09 bits per heavy atom. The summed E-state index contributed by atoms with van der Waals surface area (Å²) in [6, 6.07) is 9.94. The Balaban J connectivity index is 2.03. The van der Waals surface area contributed by atoms with Crippen molar-refractivity contribution in [3.63, 3.8) is 0 Å². The largest absolute Gasteiger partial charge is 0.369 e. The van der Waals surface area contributed by atoms with Crippen molar-refractivity contribution in [1.82, 2.24) is 4.31 Å². The molecule has 23 heavy (non-hydrogen) atoms. The zero-order valence-corrected chi connectivity index (χ0v) is 14.3. The summed E-state index contributed by atoms with van der Waals surface area (Å²) in [6.45, 7) is 1.74. The van der Waals surface area contributed by atoms with Gasteiger partial charge in [0.25, 0.3) is 0 Å². The highest BCUT2D eigenvalue weighted by Gasteiger charge is 2.41. The number of guanidine groups is 1. The number of benzene rings is 1. The fourth-order valence-electron chi connectivity index (χ4n) is 2.50. The third kappa shape index (κ3) is 2.84. The fourth-order valence-corrected chi connectivity index (χ4v) is 5.13. The van der Waals surface area contributed by atoms with E-state index < -0.39 is 15.6 Å². The molecule has 0 fully saturated rings. The number of rotatable bonds is 2. The SMILES string of the molecule is CN1C(N)=N[C@](C)(c2ccc(-c3cccc(F)c3)s2)CS1(=O)=O. The first-order valence-corrected chi connectivity index (χ1v) is 9.32. The second-order valence-electron chi connectivity index (χ2n) is 5.64. The van der Waals surface area contributed by atoms with Crippen LogP contribution in [0.15, 0.2) is 41.4 Å². The molecule has 1 aliphatic rings. The molecule has 122 valence electrons. The number of thiophene rings is 1. The van der Waals surface area contributed by atoms with E-state index >= 15 is 0 Å². The molecule has 0 saturated carbocycles. The van der Waals surface area contributed by atoms with Crippen LogP contribution in [-0.4, -0.2) is 31.5 Å². The molecule has 0 radical (unpaired) electrons. The van der Waals surface area contributed by atoms with Crippen molar-refractivity contribution in [2.75, 3.05) is 12.8 Å².